The van der Waals surface area contributed by atoms with Crippen LogP contribution in [-0.4, -0.2) is 56.7 Å². The predicted octanol–water partition coefficient (Wildman–Crippen LogP) is 5.78. The fourth-order valence-electron chi connectivity index (χ4n) is 8.44. The lowest BCUT2D eigenvalue weighted by Gasteiger charge is -2.49. The lowest BCUT2D eigenvalue weighted by Crippen LogP contribution is -2.57. The van der Waals surface area contributed by atoms with Gasteiger partial charge in [-0.25, -0.2) is 4.98 Å². The minimum Gasteiger partial charge on any atom is -0.369 e. The molecule has 1 atom stereocenters. The molecule has 5 rings (SSSR count). The Morgan fingerprint density at radius 1 is 1.02 bits per heavy atom. The highest BCUT2D eigenvalue weighted by Gasteiger charge is 2.49. The zero-order valence-corrected chi connectivity index (χ0v) is 27.1. The highest BCUT2D eigenvalue weighted by Crippen LogP contribution is 2.50. The molecule has 1 saturated heterocycles. The second-order valence-corrected chi connectivity index (χ2v) is 15.1. The van der Waals surface area contributed by atoms with Gasteiger partial charge in [-0.2, -0.15) is 5.10 Å². The van der Waals surface area contributed by atoms with Gasteiger partial charge in [-0.3, -0.25) is 14.3 Å². The van der Waals surface area contributed by atoms with Crippen molar-refractivity contribution in [2.75, 3.05) is 13.1 Å². The van der Waals surface area contributed by atoms with Crippen LogP contribution in [0.2, 0.25) is 5.02 Å². The average molecular weight is 611 g/mol. The van der Waals surface area contributed by atoms with Gasteiger partial charge < -0.3 is 16.0 Å². The van der Waals surface area contributed by atoms with Crippen molar-refractivity contribution in [3.63, 3.8) is 0 Å². The van der Waals surface area contributed by atoms with E-state index in [4.69, 9.17) is 17.3 Å². The minimum atomic E-state index is -0.514. The standard InChI is InChI=1S/C34H51ClN6O2/c1-32(2,3)34(31(36)43)15-13-28(14-16-34)39-29(21-25-9-11-27(35)12-10-25)30(42)40-19-17-33(18-20-40,22-41-24-37-23-38-41)26-7-5-4-6-8-26/h9-12,23-24,26,28-29,39H,4-8,13-22H2,1-3H3,(H2,36,43)/t28?,29-,34?/m1/s1. The second-order valence-electron chi connectivity index (χ2n) is 14.6. The second kappa shape index (κ2) is 13.3. The number of primary amides is 1. The molecule has 0 radical (unpaired) electrons. The van der Waals surface area contributed by atoms with Gasteiger partial charge in [0.2, 0.25) is 11.8 Å². The first-order valence-electron chi connectivity index (χ1n) is 16.4. The third-order valence-corrected chi connectivity index (χ3v) is 11.6. The van der Waals surface area contributed by atoms with Gasteiger partial charge in [-0.1, -0.05) is 63.8 Å². The summed E-state index contributed by atoms with van der Waals surface area (Å²) in [5.74, 6) is 0.643. The van der Waals surface area contributed by atoms with E-state index in [2.05, 4.69) is 41.1 Å². The van der Waals surface area contributed by atoms with Crippen LogP contribution < -0.4 is 11.1 Å². The molecule has 0 spiro atoms. The van der Waals surface area contributed by atoms with Crippen LogP contribution in [0.5, 0.6) is 0 Å². The molecule has 0 unspecified atom stereocenters. The molecule has 3 fully saturated rings. The van der Waals surface area contributed by atoms with Gasteiger partial charge in [0.25, 0.3) is 0 Å². The van der Waals surface area contributed by atoms with Crippen molar-refractivity contribution in [1.82, 2.24) is 25.0 Å². The summed E-state index contributed by atoms with van der Waals surface area (Å²) < 4.78 is 2.00. The summed E-state index contributed by atoms with van der Waals surface area (Å²) in [5.41, 5.74) is 6.50. The summed E-state index contributed by atoms with van der Waals surface area (Å²) in [6.45, 7) is 8.76. The van der Waals surface area contributed by atoms with Crippen LogP contribution in [0.3, 0.4) is 0 Å². The molecule has 2 heterocycles. The van der Waals surface area contributed by atoms with E-state index in [0.29, 0.717) is 17.4 Å². The minimum absolute atomic E-state index is 0.151. The number of nitrogens with two attached hydrogens (primary N) is 1. The Kier molecular flexibility index (Phi) is 9.86. The SMILES string of the molecule is CC(C)(C)C1(C(N)=O)CCC(N[C@H](Cc2ccc(Cl)cc2)C(=O)N2CCC(Cn3cncn3)(C3CCCCC3)CC2)CC1. The van der Waals surface area contributed by atoms with Crippen molar-refractivity contribution < 1.29 is 9.59 Å². The van der Waals surface area contributed by atoms with Crippen molar-refractivity contribution >= 4 is 23.4 Å². The van der Waals surface area contributed by atoms with E-state index >= 15 is 0 Å². The number of nitrogens with one attached hydrogen (secondary N) is 1. The predicted molar refractivity (Wildman–Crippen MR) is 170 cm³/mol. The summed E-state index contributed by atoms with van der Waals surface area (Å²) in [6.07, 6.45) is 15.7. The Balaban J connectivity index is 1.30. The lowest BCUT2D eigenvalue weighted by atomic mass is 9.58. The summed E-state index contributed by atoms with van der Waals surface area (Å²) >= 11 is 6.18. The number of hydrogen-bond acceptors (Lipinski definition) is 5. The Hall–Kier alpha value is -2.45. The third-order valence-electron chi connectivity index (χ3n) is 11.3. The Morgan fingerprint density at radius 2 is 1.67 bits per heavy atom. The van der Waals surface area contributed by atoms with Crippen LogP contribution >= 0.6 is 11.6 Å². The Bertz CT molecular complexity index is 1200. The topological polar surface area (TPSA) is 106 Å². The maximum absolute atomic E-state index is 14.3. The van der Waals surface area contributed by atoms with Gasteiger partial charge in [0.05, 0.1) is 11.5 Å². The fraction of sp³-hybridized carbons (Fsp3) is 0.706. The van der Waals surface area contributed by atoms with E-state index < -0.39 is 5.41 Å². The van der Waals surface area contributed by atoms with E-state index in [0.717, 1.165) is 63.7 Å². The fourth-order valence-corrected chi connectivity index (χ4v) is 8.57. The quantitative estimate of drug-likeness (QED) is 0.374. The van der Waals surface area contributed by atoms with Crippen LogP contribution in [0, 0.1) is 22.2 Å². The molecule has 2 saturated carbocycles. The molecule has 9 heteroatoms. The van der Waals surface area contributed by atoms with Crippen molar-refractivity contribution in [3.05, 3.63) is 47.5 Å². The van der Waals surface area contributed by atoms with Gasteiger partial charge in [0.15, 0.2) is 0 Å². The van der Waals surface area contributed by atoms with Crippen molar-refractivity contribution in [1.29, 1.82) is 0 Å². The lowest BCUT2D eigenvalue weighted by molar-refractivity contribution is -0.140. The summed E-state index contributed by atoms with van der Waals surface area (Å²) in [7, 11) is 0. The number of carbonyl (C=O) groups excluding carboxylic acids is 2. The Morgan fingerprint density at radius 3 is 2.23 bits per heavy atom. The zero-order chi connectivity index (χ0) is 30.7. The largest absolute Gasteiger partial charge is 0.369 e. The first-order chi connectivity index (χ1) is 20.5. The van der Waals surface area contributed by atoms with Crippen molar-refractivity contribution in [2.24, 2.45) is 27.9 Å². The molecule has 2 amide bonds. The smallest absolute Gasteiger partial charge is 0.240 e. The molecular weight excluding hydrogens is 560 g/mol. The first-order valence-corrected chi connectivity index (χ1v) is 16.8. The molecular formula is C34H51ClN6O2. The van der Waals surface area contributed by atoms with Crippen LogP contribution in [-0.2, 0) is 22.6 Å². The van der Waals surface area contributed by atoms with Crippen molar-refractivity contribution in [2.45, 2.75) is 116 Å². The molecule has 43 heavy (non-hydrogen) atoms. The van der Waals surface area contributed by atoms with E-state index in [1.807, 2.05) is 35.3 Å². The first kappa shape index (κ1) is 32.0. The normalized spacial score (nSPS) is 25.8. The van der Waals surface area contributed by atoms with Gasteiger partial charge in [0.1, 0.15) is 12.7 Å². The highest BCUT2D eigenvalue weighted by molar-refractivity contribution is 6.30. The summed E-state index contributed by atoms with van der Waals surface area (Å²) in [5, 5.41) is 8.92. The van der Waals surface area contributed by atoms with Crippen molar-refractivity contribution in [3.8, 4) is 0 Å². The Labute approximate surface area is 262 Å². The third kappa shape index (κ3) is 7.11. The average Bonchev–Trinajstić information content (AvgIpc) is 3.51. The van der Waals surface area contributed by atoms with E-state index in [-0.39, 0.29) is 34.7 Å². The zero-order valence-electron chi connectivity index (χ0n) is 26.4. The molecule has 1 aromatic heterocycles. The summed E-state index contributed by atoms with van der Waals surface area (Å²) in [4.78, 5) is 33.2. The molecule has 0 bridgehead atoms. The molecule has 8 nitrogen and oxygen atoms in total. The van der Waals surface area contributed by atoms with Gasteiger partial charge in [-0.05, 0) is 92.2 Å². The number of hydrogen-bond donors (Lipinski definition) is 2. The number of nitrogens with zero attached hydrogens (tertiary/aromatic N) is 4. The van der Waals surface area contributed by atoms with E-state index in [1.54, 1.807) is 6.33 Å². The molecule has 236 valence electrons. The van der Waals surface area contributed by atoms with Crippen LogP contribution in [0.4, 0.5) is 0 Å². The number of likely N-dealkylation sites (tertiary alicyclic amines) is 1. The van der Waals surface area contributed by atoms with E-state index in [1.165, 1.54) is 32.1 Å². The molecule has 3 aliphatic rings. The van der Waals surface area contributed by atoms with Gasteiger partial charge >= 0.3 is 0 Å². The van der Waals surface area contributed by atoms with Gasteiger partial charge in [-0.15, -0.1) is 0 Å². The maximum Gasteiger partial charge on any atom is 0.240 e. The molecule has 1 aliphatic heterocycles. The number of aromatic nitrogens is 3. The number of benzene rings is 1. The van der Waals surface area contributed by atoms with Crippen LogP contribution in [0.15, 0.2) is 36.9 Å². The highest BCUT2D eigenvalue weighted by atomic mass is 35.5. The number of piperidine rings is 1. The molecule has 3 N–H and O–H groups in total. The van der Waals surface area contributed by atoms with Crippen LogP contribution in [0.25, 0.3) is 0 Å². The molecule has 2 aliphatic carbocycles. The summed E-state index contributed by atoms with van der Waals surface area (Å²) in [6, 6.07) is 7.66. The van der Waals surface area contributed by atoms with Crippen LogP contribution in [0.1, 0.15) is 97.0 Å². The monoisotopic (exact) mass is 610 g/mol. The number of rotatable bonds is 9. The van der Waals surface area contributed by atoms with Gasteiger partial charge in [0, 0.05) is 30.7 Å². The molecule has 1 aromatic carbocycles. The number of halogens is 1. The maximum atomic E-state index is 14.3. The van der Waals surface area contributed by atoms with E-state index in [9.17, 15) is 9.59 Å². The number of carbonyl (C=O) groups is 2. The number of amides is 2. The molecule has 2 aromatic rings.